The summed E-state index contributed by atoms with van der Waals surface area (Å²) >= 11 is 0. The van der Waals surface area contributed by atoms with Crippen molar-refractivity contribution in [3.05, 3.63) is 48.5 Å². The lowest BCUT2D eigenvalue weighted by Crippen LogP contribution is -2.33. The number of nitrogens with zero attached hydrogens (tertiary/aromatic N) is 1. The van der Waals surface area contributed by atoms with Crippen LogP contribution in [-0.2, 0) is 16.7 Å². The highest BCUT2D eigenvalue weighted by atomic mass is 32.2. The topological polar surface area (TPSA) is 175 Å². The Labute approximate surface area is 128 Å². The summed E-state index contributed by atoms with van der Waals surface area (Å²) in [6.07, 6.45) is 0. The van der Waals surface area contributed by atoms with Gasteiger partial charge in [-0.05, 0) is 12.5 Å². The number of hydrogen-bond donors (Lipinski definition) is 4. The molecule has 0 spiro atoms. The van der Waals surface area contributed by atoms with Crippen LogP contribution < -0.4 is 16.4 Å². The minimum Gasteiger partial charge on any atom is -0.316 e. The van der Waals surface area contributed by atoms with Crippen LogP contribution in [0.1, 0.15) is 12.5 Å². The van der Waals surface area contributed by atoms with Crippen LogP contribution >= 0.6 is 0 Å². The second-order valence-electron chi connectivity index (χ2n) is 4.73. The van der Waals surface area contributed by atoms with Gasteiger partial charge in [-0.25, -0.2) is 0 Å². The van der Waals surface area contributed by atoms with Crippen molar-refractivity contribution in [2.24, 2.45) is 0 Å². The molecule has 4 N–H and O–H groups in total. The zero-order chi connectivity index (χ0) is 17.4. The van der Waals surface area contributed by atoms with E-state index >= 15 is 0 Å². The van der Waals surface area contributed by atoms with Crippen molar-refractivity contribution in [1.29, 1.82) is 0 Å². The van der Waals surface area contributed by atoms with E-state index in [9.17, 15) is 28.1 Å². The predicted molar refractivity (Wildman–Crippen MR) is 79.7 cm³/mol. The molecule has 2 rings (SSSR count). The normalized spacial score (nSPS) is 13.1. The molecule has 1 heterocycles. The number of aromatic amines is 2. The zero-order valence-electron chi connectivity index (χ0n) is 11.7. The fourth-order valence-electron chi connectivity index (χ4n) is 1.88. The Morgan fingerprint density at radius 2 is 1.91 bits per heavy atom. The molecule has 12 heteroatoms. The van der Waals surface area contributed by atoms with Gasteiger partial charge in [-0.3, -0.25) is 29.6 Å². The molecule has 0 fully saturated rings. The third kappa shape index (κ3) is 3.61. The summed E-state index contributed by atoms with van der Waals surface area (Å²) < 4.78 is 30.8. The summed E-state index contributed by atoms with van der Waals surface area (Å²) in [6.45, 7) is 0.973. The van der Waals surface area contributed by atoms with Gasteiger partial charge in [-0.15, -0.1) is 0 Å². The number of rotatable bonds is 5. The maximum absolute atomic E-state index is 11.4. The molecule has 0 aliphatic heterocycles. The second-order valence-corrected chi connectivity index (χ2v) is 6.47. The summed E-state index contributed by atoms with van der Waals surface area (Å²) in [6, 6.07) is 2.20. The van der Waals surface area contributed by atoms with Gasteiger partial charge in [0.2, 0.25) is 0 Å². The molecule has 0 bridgehead atoms. The number of nitro groups is 1. The van der Waals surface area contributed by atoms with Crippen LogP contribution in [0.25, 0.3) is 11.0 Å². The first-order chi connectivity index (χ1) is 10.6. The molecule has 0 saturated carbocycles. The highest BCUT2D eigenvalue weighted by Gasteiger charge is 2.18. The molecule has 1 atom stereocenters. The monoisotopic (exact) mass is 344 g/mol. The molecule has 0 aliphatic rings. The van der Waals surface area contributed by atoms with E-state index in [0.717, 1.165) is 12.1 Å². The predicted octanol–water partition coefficient (Wildman–Crippen LogP) is -0.552. The van der Waals surface area contributed by atoms with Gasteiger partial charge in [0.15, 0.2) is 0 Å². The van der Waals surface area contributed by atoms with Crippen molar-refractivity contribution in [1.82, 2.24) is 15.3 Å². The fourth-order valence-corrected chi connectivity index (χ4v) is 2.18. The quantitative estimate of drug-likeness (QED) is 0.242. The van der Waals surface area contributed by atoms with Gasteiger partial charge in [-0.2, -0.15) is 8.42 Å². The van der Waals surface area contributed by atoms with Crippen molar-refractivity contribution < 1.29 is 17.9 Å². The molecular weight excluding hydrogens is 332 g/mol. The van der Waals surface area contributed by atoms with Crippen molar-refractivity contribution in [2.45, 2.75) is 18.8 Å². The van der Waals surface area contributed by atoms with E-state index in [1.807, 2.05) is 0 Å². The fraction of sp³-hybridized carbons (Fsp3) is 0.273. The van der Waals surface area contributed by atoms with E-state index in [1.165, 1.54) is 6.92 Å². The van der Waals surface area contributed by atoms with E-state index in [0.29, 0.717) is 0 Å². The van der Waals surface area contributed by atoms with Crippen LogP contribution in [0.5, 0.6) is 0 Å². The minimum atomic E-state index is -4.34. The maximum Gasteiger partial charge on any atom is 0.314 e. The Hall–Kier alpha value is -2.57. The number of fused-ring (bicyclic) bond motifs is 1. The number of nitrogens with one attached hydrogen (secondary N) is 3. The molecular formula is C11H12N4O7S. The lowest BCUT2D eigenvalue weighted by Gasteiger charge is -2.12. The molecule has 0 radical (unpaired) electrons. The zero-order valence-corrected chi connectivity index (χ0v) is 12.5. The number of hydrogen-bond acceptors (Lipinski definition) is 7. The third-order valence-electron chi connectivity index (χ3n) is 3.14. The van der Waals surface area contributed by atoms with Crippen LogP contribution in [0, 0.1) is 10.1 Å². The van der Waals surface area contributed by atoms with E-state index in [2.05, 4.69) is 15.3 Å². The number of nitro benzene ring substituents is 1. The molecule has 1 unspecified atom stereocenters. The number of H-pyrrole nitrogens is 2. The SMILES string of the molecule is CC(NCc1cc([N+](=O)[O-])cc2[nH]c(=O)c(=O)[nH]c12)S(=O)(=O)O. The molecule has 124 valence electrons. The van der Waals surface area contributed by atoms with Crippen LogP contribution in [0.4, 0.5) is 5.69 Å². The Morgan fingerprint density at radius 1 is 1.30 bits per heavy atom. The first-order valence-electron chi connectivity index (χ1n) is 6.23. The van der Waals surface area contributed by atoms with Gasteiger partial charge in [0.05, 0.1) is 16.0 Å². The average Bonchev–Trinajstić information content (AvgIpc) is 2.44. The highest BCUT2D eigenvalue weighted by molar-refractivity contribution is 7.86. The maximum atomic E-state index is 11.4. The Kier molecular flexibility index (Phi) is 4.31. The lowest BCUT2D eigenvalue weighted by atomic mass is 10.1. The summed E-state index contributed by atoms with van der Waals surface area (Å²) in [5.41, 5.74) is -1.94. The minimum absolute atomic E-state index is 0.0279. The summed E-state index contributed by atoms with van der Waals surface area (Å²) in [5.74, 6) is 0. The van der Waals surface area contributed by atoms with Crippen LogP contribution in [-0.4, -0.2) is 33.2 Å². The number of benzene rings is 1. The second kappa shape index (κ2) is 5.91. The van der Waals surface area contributed by atoms with E-state index in [1.54, 1.807) is 0 Å². The third-order valence-corrected chi connectivity index (χ3v) is 4.20. The lowest BCUT2D eigenvalue weighted by molar-refractivity contribution is -0.384. The molecule has 1 aromatic carbocycles. The molecule has 11 nitrogen and oxygen atoms in total. The molecule has 23 heavy (non-hydrogen) atoms. The van der Waals surface area contributed by atoms with Gasteiger partial charge in [-0.1, -0.05) is 0 Å². The molecule has 0 amide bonds. The van der Waals surface area contributed by atoms with E-state index in [-0.39, 0.29) is 28.8 Å². The largest absolute Gasteiger partial charge is 0.316 e. The van der Waals surface area contributed by atoms with Crippen molar-refractivity contribution in [2.75, 3.05) is 0 Å². The number of non-ortho nitro benzene ring substituents is 1. The summed E-state index contributed by atoms with van der Waals surface area (Å²) in [4.78, 5) is 37.5. The smallest absolute Gasteiger partial charge is 0.314 e. The van der Waals surface area contributed by atoms with Crippen LogP contribution in [0.2, 0.25) is 0 Å². The van der Waals surface area contributed by atoms with Crippen molar-refractivity contribution >= 4 is 26.8 Å². The van der Waals surface area contributed by atoms with Gasteiger partial charge in [0.1, 0.15) is 5.37 Å². The average molecular weight is 344 g/mol. The van der Waals surface area contributed by atoms with Gasteiger partial charge < -0.3 is 9.97 Å². The van der Waals surface area contributed by atoms with E-state index in [4.69, 9.17) is 4.55 Å². The number of aromatic nitrogens is 2. The van der Waals surface area contributed by atoms with Crippen LogP contribution in [0.3, 0.4) is 0 Å². The standard InChI is InChI=1S/C11H12N4O7S/c1-5(23(20,21)22)12-4-6-2-7(15(18)19)3-8-9(6)14-11(17)10(16)13-8/h2-3,5,12H,4H2,1H3,(H,13,16)(H,14,17)(H,20,21,22). The van der Waals surface area contributed by atoms with E-state index < -0.39 is 31.5 Å². The molecule has 1 aromatic heterocycles. The Bertz CT molecular complexity index is 992. The summed E-state index contributed by atoms with van der Waals surface area (Å²) in [5, 5.41) is 12.1. The van der Waals surface area contributed by atoms with Gasteiger partial charge in [0.25, 0.3) is 15.8 Å². The molecule has 2 aromatic rings. The van der Waals surface area contributed by atoms with Gasteiger partial charge in [0, 0.05) is 18.7 Å². The van der Waals surface area contributed by atoms with Gasteiger partial charge >= 0.3 is 11.1 Å². The first-order valence-corrected chi connectivity index (χ1v) is 7.73. The van der Waals surface area contributed by atoms with Crippen LogP contribution in [0.15, 0.2) is 21.7 Å². The summed E-state index contributed by atoms with van der Waals surface area (Å²) in [7, 11) is -4.34. The molecule has 0 aliphatic carbocycles. The first kappa shape index (κ1) is 16.8. The highest BCUT2D eigenvalue weighted by Crippen LogP contribution is 2.21. The van der Waals surface area contributed by atoms with Crippen molar-refractivity contribution in [3.8, 4) is 0 Å². The Balaban J connectivity index is 2.56. The Morgan fingerprint density at radius 3 is 2.48 bits per heavy atom. The molecule has 0 saturated heterocycles. The van der Waals surface area contributed by atoms with Crippen molar-refractivity contribution in [3.63, 3.8) is 0 Å².